The van der Waals surface area contributed by atoms with E-state index in [0.29, 0.717) is 18.0 Å². The summed E-state index contributed by atoms with van der Waals surface area (Å²) >= 11 is 0. The van der Waals surface area contributed by atoms with Crippen LogP contribution in [0.5, 0.6) is 0 Å². The fraction of sp³-hybridized carbons (Fsp3) is 0.923. The normalized spacial score (nSPS) is 15.4. The smallest absolute Gasteiger partial charge is 0.317 e. The molecule has 0 aromatic carbocycles. The molecule has 0 radical (unpaired) electrons. The van der Waals surface area contributed by atoms with Gasteiger partial charge < -0.3 is 5.11 Å². The number of carboxylic acids is 1. The maximum absolute atomic E-state index is 10.8. The fourth-order valence-electron chi connectivity index (χ4n) is 2.06. The van der Waals surface area contributed by atoms with E-state index in [2.05, 4.69) is 39.5 Å². The van der Waals surface area contributed by atoms with Crippen molar-refractivity contribution in [2.45, 2.75) is 66.0 Å². The fourth-order valence-corrected chi connectivity index (χ4v) is 2.06. The van der Waals surface area contributed by atoms with Crippen molar-refractivity contribution in [2.75, 3.05) is 6.54 Å². The molecular formula is C13H27NO2. The molecule has 0 aliphatic heterocycles. The Morgan fingerprint density at radius 1 is 1.19 bits per heavy atom. The summed E-state index contributed by atoms with van der Waals surface area (Å²) in [4.78, 5) is 13.0. The van der Waals surface area contributed by atoms with Gasteiger partial charge in [0.1, 0.15) is 0 Å². The van der Waals surface area contributed by atoms with Gasteiger partial charge in [-0.05, 0) is 32.6 Å². The molecule has 0 heterocycles. The molecule has 3 nitrogen and oxygen atoms in total. The highest BCUT2D eigenvalue weighted by Gasteiger charge is 2.23. The van der Waals surface area contributed by atoms with E-state index in [4.69, 9.17) is 5.11 Å². The van der Waals surface area contributed by atoms with E-state index in [1.807, 2.05) is 0 Å². The summed E-state index contributed by atoms with van der Waals surface area (Å²) in [5.41, 5.74) is 0. The first-order chi connectivity index (χ1) is 7.42. The van der Waals surface area contributed by atoms with Gasteiger partial charge >= 0.3 is 5.97 Å². The third-order valence-corrected chi connectivity index (χ3v) is 3.29. The molecule has 1 N–H and O–H groups in total. The summed E-state index contributed by atoms with van der Waals surface area (Å²) in [5, 5.41) is 8.93. The predicted molar refractivity (Wildman–Crippen MR) is 67.6 cm³/mol. The molecule has 0 aromatic heterocycles. The third-order valence-electron chi connectivity index (χ3n) is 3.29. The van der Waals surface area contributed by atoms with Crippen molar-refractivity contribution in [1.82, 2.24) is 4.90 Å². The topological polar surface area (TPSA) is 40.5 Å². The molecule has 0 fully saturated rings. The lowest BCUT2D eigenvalue weighted by Gasteiger charge is -2.34. The van der Waals surface area contributed by atoms with Gasteiger partial charge in [0.15, 0.2) is 0 Å². The second kappa shape index (κ2) is 7.66. The zero-order valence-electron chi connectivity index (χ0n) is 11.4. The van der Waals surface area contributed by atoms with Crippen LogP contribution in [0.4, 0.5) is 0 Å². The standard InChI is InChI=1S/C13H27NO2/c1-6-11(5)8-12(7-2)14(10(3)4)9-13(15)16/h10-12H,6-9H2,1-5H3,(H,15,16). The Bertz CT molecular complexity index is 204. The van der Waals surface area contributed by atoms with Crippen molar-refractivity contribution in [3.63, 3.8) is 0 Å². The highest BCUT2D eigenvalue weighted by Crippen LogP contribution is 2.19. The highest BCUT2D eigenvalue weighted by molar-refractivity contribution is 5.69. The SMILES string of the molecule is CCC(C)CC(CC)N(CC(=O)O)C(C)C. The van der Waals surface area contributed by atoms with Crippen molar-refractivity contribution >= 4 is 5.97 Å². The molecule has 0 aliphatic carbocycles. The first-order valence-electron chi connectivity index (χ1n) is 6.39. The number of nitrogens with zero attached hydrogens (tertiary/aromatic N) is 1. The molecular weight excluding hydrogens is 202 g/mol. The van der Waals surface area contributed by atoms with Gasteiger partial charge in [-0.15, -0.1) is 0 Å². The van der Waals surface area contributed by atoms with Crippen LogP contribution in [0, 0.1) is 5.92 Å². The Labute approximate surface area is 99.8 Å². The van der Waals surface area contributed by atoms with Crippen LogP contribution in [-0.2, 0) is 4.79 Å². The quantitative estimate of drug-likeness (QED) is 0.695. The van der Waals surface area contributed by atoms with Crippen LogP contribution in [0.15, 0.2) is 0 Å². The predicted octanol–water partition coefficient (Wildman–Crippen LogP) is 3.00. The van der Waals surface area contributed by atoms with Crippen LogP contribution in [-0.4, -0.2) is 34.6 Å². The van der Waals surface area contributed by atoms with Crippen molar-refractivity contribution in [3.05, 3.63) is 0 Å². The van der Waals surface area contributed by atoms with E-state index in [1.54, 1.807) is 0 Å². The van der Waals surface area contributed by atoms with E-state index < -0.39 is 5.97 Å². The van der Waals surface area contributed by atoms with Crippen LogP contribution in [0.2, 0.25) is 0 Å². The highest BCUT2D eigenvalue weighted by atomic mass is 16.4. The Balaban J connectivity index is 4.51. The van der Waals surface area contributed by atoms with E-state index in [9.17, 15) is 4.79 Å². The minimum absolute atomic E-state index is 0.159. The van der Waals surface area contributed by atoms with Gasteiger partial charge in [0.05, 0.1) is 6.54 Å². The Morgan fingerprint density at radius 3 is 2.06 bits per heavy atom. The molecule has 0 rings (SSSR count). The Kier molecular flexibility index (Phi) is 7.39. The zero-order chi connectivity index (χ0) is 12.7. The third kappa shape index (κ3) is 5.50. The van der Waals surface area contributed by atoms with E-state index >= 15 is 0 Å². The van der Waals surface area contributed by atoms with Crippen molar-refractivity contribution in [1.29, 1.82) is 0 Å². The number of carboxylic acid groups (broad SMARTS) is 1. The van der Waals surface area contributed by atoms with Gasteiger partial charge in [0.2, 0.25) is 0 Å². The lowest BCUT2D eigenvalue weighted by molar-refractivity contribution is -0.139. The summed E-state index contributed by atoms with van der Waals surface area (Å²) in [5.74, 6) is -0.0590. The van der Waals surface area contributed by atoms with Crippen LogP contribution in [0.25, 0.3) is 0 Å². The molecule has 0 saturated heterocycles. The molecule has 0 bridgehead atoms. The summed E-state index contributed by atoms with van der Waals surface area (Å²) < 4.78 is 0. The molecule has 0 aliphatic rings. The molecule has 2 atom stereocenters. The van der Waals surface area contributed by atoms with Gasteiger partial charge in [-0.25, -0.2) is 0 Å². The van der Waals surface area contributed by atoms with Gasteiger partial charge in [-0.1, -0.05) is 27.2 Å². The second-order valence-corrected chi connectivity index (χ2v) is 4.97. The van der Waals surface area contributed by atoms with Gasteiger partial charge in [-0.3, -0.25) is 9.69 Å². The largest absolute Gasteiger partial charge is 0.480 e. The van der Waals surface area contributed by atoms with Crippen LogP contribution in [0.3, 0.4) is 0 Å². The summed E-state index contributed by atoms with van der Waals surface area (Å²) in [6, 6.07) is 0.691. The van der Waals surface area contributed by atoms with E-state index in [1.165, 1.54) is 0 Å². The van der Waals surface area contributed by atoms with Crippen molar-refractivity contribution < 1.29 is 9.90 Å². The van der Waals surface area contributed by atoms with Crippen molar-refractivity contribution in [3.8, 4) is 0 Å². The molecule has 0 spiro atoms. The first-order valence-corrected chi connectivity index (χ1v) is 6.39. The summed E-state index contributed by atoms with van der Waals surface area (Å²) in [7, 11) is 0. The van der Waals surface area contributed by atoms with Crippen LogP contribution >= 0.6 is 0 Å². The number of aliphatic carboxylic acids is 1. The van der Waals surface area contributed by atoms with Crippen molar-refractivity contribution in [2.24, 2.45) is 5.92 Å². The van der Waals surface area contributed by atoms with Gasteiger partial charge in [0, 0.05) is 12.1 Å². The second-order valence-electron chi connectivity index (χ2n) is 4.97. The van der Waals surface area contributed by atoms with E-state index in [0.717, 1.165) is 19.3 Å². The number of carbonyl (C=O) groups is 1. The Hall–Kier alpha value is -0.570. The molecule has 96 valence electrons. The average molecular weight is 229 g/mol. The maximum Gasteiger partial charge on any atom is 0.317 e. The molecule has 16 heavy (non-hydrogen) atoms. The summed E-state index contributed by atoms with van der Waals surface area (Å²) in [6.45, 7) is 10.9. The van der Waals surface area contributed by atoms with Crippen LogP contribution in [0.1, 0.15) is 53.9 Å². The summed E-state index contributed by atoms with van der Waals surface area (Å²) in [6.07, 6.45) is 3.28. The van der Waals surface area contributed by atoms with Gasteiger partial charge in [0.25, 0.3) is 0 Å². The lowest BCUT2D eigenvalue weighted by atomic mass is 9.96. The van der Waals surface area contributed by atoms with E-state index in [-0.39, 0.29) is 6.54 Å². The number of hydrogen-bond donors (Lipinski definition) is 1. The van der Waals surface area contributed by atoms with Gasteiger partial charge in [-0.2, -0.15) is 0 Å². The lowest BCUT2D eigenvalue weighted by Crippen LogP contribution is -2.44. The molecule has 0 amide bonds. The first kappa shape index (κ1) is 15.4. The molecule has 2 unspecified atom stereocenters. The molecule has 0 saturated carbocycles. The molecule has 3 heteroatoms. The maximum atomic E-state index is 10.8. The number of rotatable bonds is 8. The van der Waals surface area contributed by atoms with Crippen LogP contribution < -0.4 is 0 Å². The minimum atomic E-state index is -0.726. The Morgan fingerprint density at radius 2 is 1.75 bits per heavy atom. The average Bonchev–Trinajstić information content (AvgIpc) is 2.21. The molecule has 0 aromatic rings. The monoisotopic (exact) mass is 229 g/mol. The zero-order valence-corrected chi connectivity index (χ0v) is 11.4. The number of hydrogen-bond acceptors (Lipinski definition) is 2. The minimum Gasteiger partial charge on any atom is -0.480 e.